The lowest BCUT2D eigenvalue weighted by Gasteiger charge is -2.16. The average Bonchev–Trinajstić information content (AvgIpc) is 2.31. The lowest BCUT2D eigenvalue weighted by Crippen LogP contribution is -2.09. The van der Waals surface area contributed by atoms with Crippen LogP contribution in [-0.4, -0.2) is 19.0 Å². The highest BCUT2D eigenvalue weighted by atomic mass is 15.1. The van der Waals surface area contributed by atoms with E-state index >= 15 is 0 Å². The zero-order valence-corrected chi connectivity index (χ0v) is 13.7. The van der Waals surface area contributed by atoms with Crippen molar-refractivity contribution in [2.45, 2.75) is 47.0 Å². The summed E-state index contributed by atoms with van der Waals surface area (Å²) in [6, 6.07) is 0. The summed E-state index contributed by atoms with van der Waals surface area (Å²) in [7, 11) is 4.13. The van der Waals surface area contributed by atoms with Crippen LogP contribution in [0.25, 0.3) is 0 Å². The van der Waals surface area contributed by atoms with Gasteiger partial charge in [-0.1, -0.05) is 36.8 Å². The van der Waals surface area contributed by atoms with Crippen LogP contribution in [0, 0.1) is 5.92 Å². The monoisotopic (exact) mass is 261 g/mol. The van der Waals surface area contributed by atoms with Crippen molar-refractivity contribution in [2.75, 3.05) is 14.1 Å². The van der Waals surface area contributed by atoms with Gasteiger partial charge in [0, 0.05) is 19.8 Å². The maximum atomic E-state index is 3.99. The van der Waals surface area contributed by atoms with E-state index in [2.05, 4.69) is 65.9 Å². The molecule has 1 atom stereocenters. The standard InChI is InChI=1S/C18H31N/c1-9-18(17(6)19(7)8)13-16(5)11-10-15(4)12-14(2)3/h9,13,15H,1-2,10-12H2,3-8H3/b16-13+,18-17+. The third-order valence-corrected chi connectivity index (χ3v) is 3.44. The molecule has 0 radical (unpaired) electrons. The highest BCUT2D eigenvalue weighted by Gasteiger charge is 2.04. The van der Waals surface area contributed by atoms with E-state index in [4.69, 9.17) is 0 Å². The molecule has 1 nitrogen and oxygen atoms in total. The first-order valence-electron chi connectivity index (χ1n) is 7.10. The molecule has 0 aliphatic carbocycles. The SMILES string of the molecule is C=CC(/C=C(\C)CCC(C)CC(=C)C)=C(/C)N(C)C. The Balaban J connectivity index is 4.60. The molecule has 0 aliphatic heterocycles. The lowest BCUT2D eigenvalue weighted by molar-refractivity contribution is 0.510. The largest absolute Gasteiger partial charge is 0.381 e. The van der Waals surface area contributed by atoms with Crippen LogP contribution >= 0.6 is 0 Å². The second kappa shape index (κ2) is 8.79. The van der Waals surface area contributed by atoms with E-state index in [0.717, 1.165) is 12.8 Å². The molecule has 0 aromatic heterocycles. The van der Waals surface area contributed by atoms with Gasteiger partial charge in [0.1, 0.15) is 0 Å². The Hall–Kier alpha value is -1.24. The fraction of sp³-hybridized carbons (Fsp3) is 0.556. The first-order chi connectivity index (χ1) is 8.77. The molecule has 19 heavy (non-hydrogen) atoms. The van der Waals surface area contributed by atoms with Crippen molar-refractivity contribution in [2.24, 2.45) is 5.92 Å². The van der Waals surface area contributed by atoms with Crippen LogP contribution in [-0.2, 0) is 0 Å². The molecule has 0 N–H and O–H groups in total. The Kier molecular flexibility index (Phi) is 8.22. The maximum Gasteiger partial charge on any atom is 0.0169 e. The van der Waals surface area contributed by atoms with Crippen molar-refractivity contribution < 1.29 is 0 Å². The molecule has 0 aromatic carbocycles. The van der Waals surface area contributed by atoms with E-state index in [-0.39, 0.29) is 0 Å². The van der Waals surface area contributed by atoms with Gasteiger partial charge in [-0.15, -0.1) is 6.58 Å². The smallest absolute Gasteiger partial charge is 0.0169 e. The van der Waals surface area contributed by atoms with Crippen LogP contribution in [0.4, 0.5) is 0 Å². The fourth-order valence-corrected chi connectivity index (χ4v) is 2.08. The third kappa shape index (κ3) is 7.71. The van der Waals surface area contributed by atoms with Crippen LogP contribution in [0.2, 0.25) is 0 Å². The summed E-state index contributed by atoms with van der Waals surface area (Å²) < 4.78 is 0. The van der Waals surface area contributed by atoms with Crippen LogP contribution in [0.5, 0.6) is 0 Å². The molecule has 0 saturated carbocycles. The predicted octanol–water partition coefficient (Wildman–Crippen LogP) is 5.34. The zero-order chi connectivity index (χ0) is 15.0. The van der Waals surface area contributed by atoms with Crippen LogP contribution in [0.3, 0.4) is 0 Å². The van der Waals surface area contributed by atoms with Gasteiger partial charge in [-0.05, 0) is 51.5 Å². The topological polar surface area (TPSA) is 3.24 Å². The van der Waals surface area contributed by atoms with E-state index < -0.39 is 0 Å². The molecule has 1 heteroatoms. The van der Waals surface area contributed by atoms with Crippen LogP contribution in [0.1, 0.15) is 47.0 Å². The second-order valence-corrected chi connectivity index (χ2v) is 5.94. The quantitative estimate of drug-likeness (QED) is 0.421. The van der Waals surface area contributed by atoms with E-state index in [9.17, 15) is 0 Å². The molecular weight excluding hydrogens is 230 g/mol. The molecule has 0 spiro atoms. The fourth-order valence-electron chi connectivity index (χ4n) is 2.08. The summed E-state index contributed by atoms with van der Waals surface area (Å²) in [5.41, 5.74) is 5.17. The summed E-state index contributed by atoms with van der Waals surface area (Å²) in [4.78, 5) is 2.13. The van der Waals surface area contributed by atoms with E-state index in [1.165, 1.54) is 28.8 Å². The van der Waals surface area contributed by atoms with Crippen molar-refractivity contribution in [3.63, 3.8) is 0 Å². The van der Waals surface area contributed by atoms with Crippen molar-refractivity contribution >= 4 is 0 Å². The van der Waals surface area contributed by atoms with Crippen molar-refractivity contribution in [1.82, 2.24) is 4.90 Å². The number of hydrogen-bond acceptors (Lipinski definition) is 1. The summed E-state index contributed by atoms with van der Waals surface area (Å²) in [5.74, 6) is 0.715. The minimum Gasteiger partial charge on any atom is -0.381 e. The van der Waals surface area contributed by atoms with Gasteiger partial charge in [0.2, 0.25) is 0 Å². The number of allylic oxidation sites excluding steroid dienone is 6. The maximum absolute atomic E-state index is 3.99. The Labute approximate surface area is 120 Å². The number of nitrogens with zero attached hydrogens (tertiary/aromatic N) is 1. The van der Waals surface area contributed by atoms with E-state index in [1.807, 2.05) is 6.08 Å². The lowest BCUT2D eigenvalue weighted by atomic mass is 9.95. The minimum atomic E-state index is 0.715. The summed E-state index contributed by atoms with van der Waals surface area (Å²) in [6.45, 7) is 16.6. The van der Waals surface area contributed by atoms with E-state index in [1.54, 1.807) is 0 Å². The first kappa shape index (κ1) is 17.8. The molecule has 0 heterocycles. The van der Waals surface area contributed by atoms with Gasteiger partial charge in [-0.2, -0.15) is 0 Å². The van der Waals surface area contributed by atoms with Gasteiger partial charge in [0.05, 0.1) is 0 Å². The van der Waals surface area contributed by atoms with Crippen LogP contribution < -0.4 is 0 Å². The van der Waals surface area contributed by atoms with Crippen molar-refractivity contribution in [3.8, 4) is 0 Å². The normalized spacial score (nSPS) is 14.7. The summed E-state index contributed by atoms with van der Waals surface area (Å²) >= 11 is 0. The van der Waals surface area contributed by atoms with Crippen molar-refractivity contribution in [3.05, 3.63) is 47.7 Å². The molecule has 0 bridgehead atoms. The number of rotatable bonds is 8. The average molecular weight is 261 g/mol. The highest BCUT2D eigenvalue weighted by molar-refractivity contribution is 5.35. The molecule has 0 aromatic rings. The predicted molar refractivity (Wildman–Crippen MR) is 88.2 cm³/mol. The molecule has 0 saturated heterocycles. The first-order valence-corrected chi connectivity index (χ1v) is 7.10. The van der Waals surface area contributed by atoms with Gasteiger partial charge in [0.15, 0.2) is 0 Å². The molecule has 0 amide bonds. The Bertz CT molecular complexity index is 369. The molecule has 1 unspecified atom stereocenters. The molecular formula is C18H31N. The van der Waals surface area contributed by atoms with Gasteiger partial charge in [0.25, 0.3) is 0 Å². The highest BCUT2D eigenvalue weighted by Crippen LogP contribution is 2.20. The molecule has 108 valence electrons. The third-order valence-electron chi connectivity index (χ3n) is 3.44. The van der Waals surface area contributed by atoms with Crippen LogP contribution in [0.15, 0.2) is 47.7 Å². The van der Waals surface area contributed by atoms with Gasteiger partial charge < -0.3 is 4.90 Å². The summed E-state index contributed by atoms with van der Waals surface area (Å²) in [6.07, 6.45) is 7.70. The Morgan fingerprint density at radius 3 is 2.21 bits per heavy atom. The number of hydrogen-bond donors (Lipinski definition) is 0. The molecule has 0 aliphatic rings. The second-order valence-electron chi connectivity index (χ2n) is 5.94. The minimum absolute atomic E-state index is 0.715. The molecule has 0 rings (SSSR count). The van der Waals surface area contributed by atoms with Gasteiger partial charge in [-0.3, -0.25) is 0 Å². The zero-order valence-electron chi connectivity index (χ0n) is 13.7. The van der Waals surface area contributed by atoms with Crippen molar-refractivity contribution in [1.29, 1.82) is 0 Å². The Morgan fingerprint density at radius 1 is 1.21 bits per heavy atom. The molecule has 0 fully saturated rings. The van der Waals surface area contributed by atoms with E-state index in [0.29, 0.717) is 5.92 Å². The summed E-state index contributed by atoms with van der Waals surface area (Å²) in [5, 5.41) is 0. The van der Waals surface area contributed by atoms with Gasteiger partial charge in [-0.25, -0.2) is 0 Å². The van der Waals surface area contributed by atoms with Gasteiger partial charge >= 0.3 is 0 Å². The Morgan fingerprint density at radius 2 is 1.79 bits per heavy atom.